The van der Waals surface area contributed by atoms with E-state index in [1.807, 2.05) is 6.26 Å². The Kier molecular flexibility index (Phi) is 4.56. The molecule has 1 heterocycles. The number of anilines is 3. The normalized spacial score (nSPS) is 10.3. The summed E-state index contributed by atoms with van der Waals surface area (Å²) in [6, 6.07) is 6.00. The average molecular weight is 344 g/mol. The van der Waals surface area contributed by atoms with Gasteiger partial charge in [-0.25, -0.2) is 20.2 Å². The number of rotatable bonds is 4. The summed E-state index contributed by atoms with van der Waals surface area (Å²) in [5.41, 5.74) is 3.04. The minimum Gasteiger partial charge on any atom is -0.339 e. The zero-order valence-corrected chi connectivity index (χ0v) is 12.3. The van der Waals surface area contributed by atoms with Crippen LogP contribution in [0.5, 0.6) is 0 Å². The van der Waals surface area contributed by atoms with E-state index < -0.39 is 0 Å². The Morgan fingerprint density at radius 3 is 2.68 bits per heavy atom. The Morgan fingerprint density at radius 2 is 2.00 bits per heavy atom. The van der Waals surface area contributed by atoms with Crippen LogP contribution in [0, 0.1) is 5.82 Å². The minimum atomic E-state index is -0.331. The number of benzene rings is 1. The molecular formula is C11H11BrFN5S. The van der Waals surface area contributed by atoms with Crippen molar-refractivity contribution in [1.82, 2.24) is 9.97 Å². The predicted molar refractivity (Wildman–Crippen MR) is 79.0 cm³/mol. The van der Waals surface area contributed by atoms with Gasteiger partial charge < -0.3 is 10.7 Å². The highest BCUT2D eigenvalue weighted by Gasteiger charge is 2.06. The molecule has 0 atom stereocenters. The first-order valence-corrected chi connectivity index (χ1v) is 7.26. The molecule has 0 amide bonds. The van der Waals surface area contributed by atoms with Gasteiger partial charge in [-0.1, -0.05) is 11.8 Å². The number of halogens is 2. The van der Waals surface area contributed by atoms with Gasteiger partial charge in [-0.15, -0.1) is 0 Å². The Morgan fingerprint density at radius 1 is 1.26 bits per heavy atom. The van der Waals surface area contributed by atoms with Crippen LogP contribution in [0.2, 0.25) is 0 Å². The fourth-order valence-corrected chi connectivity index (χ4v) is 2.11. The molecule has 0 aliphatic rings. The fourth-order valence-electron chi connectivity index (χ4n) is 1.39. The van der Waals surface area contributed by atoms with Crippen LogP contribution in [0.25, 0.3) is 0 Å². The Balaban J connectivity index is 2.34. The zero-order chi connectivity index (χ0) is 13.8. The first kappa shape index (κ1) is 14.0. The Hall–Kier alpha value is -1.38. The summed E-state index contributed by atoms with van der Waals surface area (Å²) in [5.74, 6) is 6.02. The molecule has 1 aromatic carbocycles. The summed E-state index contributed by atoms with van der Waals surface area (Å²) in [4.78, 5) is 8.41. The Labute approximate surface area is 122 Å². The minimum absolute atomic E-state index is 0.331. The first-order chi connectivity index (χ1) is 9.12. The number of hydrogen-bond donors (Lipinski definition) is 3. The standard InChI is InChI=1S/C11H11BrFN5S/c1-19-11-16-9(5-10(17-11)18-14)15-8-4-6(13)2-3-7(8)12/h2-5H,14H2,1H3,(H2,15,16,17,18). The largest absolute Gasteiger partial charge is 0.339 e. The second kappa shape index (κ2) is 6.18. The number of nitrogens with two attached hydrogens (primary N) is 1. The van der Waals surface area contributed by atoms with Crippen LogP contribution in [-0.4, -0.2) is 16.2 Å². The van der Waals surface area contributed by atoms with Crippen LogP contribution in [0.1, 0.15) is 0 Å². The van der Waals surface area contributed by atoms with Gasteiger partial charge in [-0.2, -0.15) is 0 Å². The topological polar surface area (TPSA) is 75.9 Å². The number of nitrogens with zero attached hydrogens (tertiary/aromatic N) is 2. The molecule has 0 spiro atoms. The van der Waals surface area contributed by atoms with Crippen LogP contribution in [0.15, 0.2) is 33.9 Å². The van der Waals surface area contributed by atoms with Crippen LogP contribution in [0.4, 0.5) is 21.7 Å². The predicted octanol–water partition coefficient (Wildman–Crippen LogP) is 3.13. The van der Waals surface area contributed by atoms with Gasteiger partial charge in [0.05, 0.1) is 5.69 Å². The lowest BCUT2D eigenvalue weighted by Crippen LogP contribution is -2.10. The molecule has 0 bridgehead atoms. The molecule has 5 nitrogen and oxygen atoms in total. The van der Waals surface area contributed by atoms with E-state index in [9.17, 15) is 4.39 Å². The van der Waals surface area contributed by atoms with Crippen molar-refractivity contribution in [2.24, 2.45) is 5.84 Å². The van der Waals surface area contributed by atoms with Gasteiger partial charge in [-0.3, -0.25) is 0 Å². The second-order valence-corrected chi connectivity index (χ2v) is 5.15. The van der Waals surface area contributed by atoms with Crippen molar-refractivity contribution in [3.63, 3.8) is 0 Å². The van der Waals surface area contributed by atoms with E-state index in [1.54, 1.807) is 12.1 Å². The molecule has 0 unspecified atom stereocenters. The van der Waals surface area contributed by atoms with Crippen molar-refractivity contribution >= 4 is 45.0 Å². The van der Waals surface area contributed by atoms with Gasteiger partial charge in [-0.05, 0) is 40.4 Å². The maximum Gasteiger partial charge on any atom is 0.191 e. The number of nitrogens with one attached hydrogen (secondary N) is 2. The van der Waals surface area contributed by atoms with Crippen LogP contribution in [0.3, 0.4) is 0 Å². The smallest absolute Gasteiger partial charge is 0.191 e. The van der Waals surface area contributed by atoms with Crippen LogP contribution < -0.4 is 16.6 Å². The third kappa shape index (κ3) is 3.55. The summed E-state index contributed by atoms with van der Waals surface area (Å²) in [5, 5.41) is 3.58. The number of nitrogen functional groups attached to an aromatic ring is 1. The zero-order valence-electron chi connectivity index (χ0n) is 9.95. The molecule has 0 saturated carbocycles. The second-order valence-electron chi connectivity index (χ2n) is 3.52. The van der Waals surface area contributed by atoms with Crippen molar-refractivity contribution in [1.29, 1.82) is 0 Å². The Bertz CT molecular complexity index is 573. The van der Waals surface area contributed by atoms with Crippen molar-refractivity contribution in [2.45, 2.75) is 5.16 Å². The average Bonchev–Trinajstić information content (AvgIpc) is 2.42. The molecule has 0 aliphatic heterocycles. The molecule has 19 heavy (non-hydrogen) atoms. The van der Waals surface area contributed by atoms with Crippen molar-refractivity contribution in [3.05, 3.63) is 34.6 Å². The van der Waals surface area contributed by atoms with Gasteiger partial charge >= 0.3 is 0 Å². The van der Waals surface area contributed by atoms with Crippen molar-refractivity contribution in [3.8, 4) is 0 Å². The number of hydrogen-bond acceptors (Lipinski definition) is 6. The lowest BCUT2D eigenvalue weighted by molar-refractivity contribution is 0.628. The maximum atomic E-state index is 13.2. The summed E-state index contributed by atoms with van der Waals surface area (Å²) in [6.07, 6.45) is 1.86. The summed E-state index contributed by atoms with van der Waals surface area (Å²) >= 11 is 4.73. The highest BCUT2D eigenvalue weighted by molar-refractivity contribution is 9.10. The van der Waals surface area contributed by atoms with Crippen LogP contribution in [-0.2, 0) is 0 Å². The lowest BCUT2D eigenvalue weighted by atomic mass is 10.3. The van der Waals surface area contributed by atoms with E-state index in [0.29, 0.717) is 22.5 Å². The number of hydrazine groups is 1. The number of thioether (sulfide) groups is 1. The highest BCUT2D eigenvalue weighted by atomic mass is 79.9. The monoisotopic (exact) mass is 343 g/mol. The molecule has 0 aliphatic carbocycles. The van der Waals surface area contributed by atoms with E-state index in [2.05, 4.69) is 36.6 Å². The quantitative estimate of drug-likeness (QED) is 0.342. The van der Waals surface area contributed by atoms with Gasteiger partial charge in [0.15, 0.2) is 5.16 Å². The molecule has 0 saturated heterocycles. The summed E-state index contributed by atoms with van der Waals surface area (Å²) in [7, 11) is 0. The fraction of sp³-hybridized carbons (Fsp3) is 0.0909. The molecule has 4 N–H and O–H groups in total. The maximum absolute atomic E-state index is 13.2. The SMILES string of the molecule is CSc1nc(NN)cc(Nc2cc(F)ccc2Br)n1. The van der Waals surface area contributed by atoms with E-state index in [0.717, 1.165) is 4.47 Å². The molecular weight excluding hydrogens is 333 g/mol. The molecule has 0 radical (unpaired) electrons. The lowest BCUT2D eigenvalue weighted by Gasteiger charge is -2.10. The van der Waals surface area contributed by atoms with Gasteiger partial charge in [0.25, 0.3) is 0 Å². The summed E-state index contributed by atoms with van der Waals surface area (Å²) in [6.45, 7) is 0. The molecule has 0 fully saturated rings. The van der Waals surface area contributed by atoms with Crippen molar-refractivity contribution < 1.29 is 4.39 Å². The molecule has 1 aromatic heterocycles. The summed E-state index contributed by atoms with van der Waals surface area (Å²) < 4.78 is 13.9. The molecule has 2 aromatic rings. The van der Waals surface area contributed by atoms with E-state index in [-0.39, 0.29) is 5.82 Å². The van der Waals surface area contributed by atoms with Gasteiger partial charge in [0, 0.05) is 10.5 Å². The van der Waals surface area contributed by atoms with Crippen LogP contribution >= 0.6 is 27.7 Å². The molecule has 8 heteroatoms. The van der Waals surface area contributed by atoms with Gasteiger partial charge in [0.1, 0.15) is 17.5 Å². The number of aromatic nitrogens is 2. The molecule has 100 valence electrons. The van der Waals surface area contributed by atoms with E-state index in [4.69, 9.17) is 5.84 Å². The third-order valence-corrected chi connectivity index (χ3v) is 3.47. The van der Waals surface area contributed by atoms with E-state index in [1.165, 1.54) is 23.9 Å². The first-order valence-electron chi connectivity index (χ1n) is 5.24. The molecule has 2 rings (SSSR count). The van der Waals surface area contributed by atoms with Gasteiger partial charge in [0.2, 0.25) is 0 Å². The highest BCUT2D eigenvalue weighted by Crippen LogP contribution is 2.27. The third-order valence-electron chi connectivity index (χ3n) is 2.23. The van der Waals surface area contributed by atoms with Crippen molar-refractivity contribution in [2.75, 3.05) is 17.0 Å². The van der Waals surface area contributed by atoms with E-state index >= 15 is 0 Å².